The van der Waals surface area contributed by atoms with Gasteiger partial charge in [0, 0.05) is 0 Å². The molecule has 2 N–H and O–H groups in total. The van der Waals surface area contributed by atoms with Crippen molar-refractivity contribution in [3.05, 3.63) is 71.8 Å². The van der Waals surface area contributed by atoms with Gasteiger partial charge in [0.1, 0.15) is 5.54 Å². The second-order valence-corrected chi connectivity index (χ2v) is 10.4. The Morgan fingerprint density at radius 3 is 1.60 bits per heavy atom. The van der Waals surface area contributed by atoms with Crippen LogP contribution in [-0.4, -0.2) is 55.0 Å². The lowest BCUT2D eigenvalue weighted by Crippen LogP contribution is -2.53. The average molecular weight is 586 g/mol. The second kappa shape index (κ2) is 19.3. The molecule has 2 aromatic rings. The van der Waals surface area contributed by atoms with Gasteiger partial charge in [0.15, 0.2) is 5.41 Å². The number of rotatable bonds is 16. The van der Waals surface area contributed by atoms with Gasteiger partial charge in [-0.1, -0.05) is 73.5 Å². The van der Waals surface area contributed by atoms with Crippen molar-refractivity contribution in [2.24, 2.45) is 5.41 Å². The maximum Gasteiger partial charge on any atom is 0.407 e. The molecule has 2 rings (SSSR count). The van der Waals surface area contributed by atoms with E-state index in [1.165, 1.54) is 25.2 Å². The highest BCUT2D eigenvalue weighted by atomic mass is 16.6. The summed E-state index contributed by atoms with van der Waals surface area (Å²) in [6, 6.07) is 20.2. The van der Waals surface area contributed by atoms with Gasteiger partial charge in [-0.05, 0) is 77.3 Å². The van der Waals surface area contributed by atoms with Crippen LogP contribution in [0.1, 0.15) is 77.3 Å². The molecule has 0 saturated carbocycles. The Bertz CT molecular complexity index is 1090. The number of aryl methyl sites for hydroxylation is 2. The van der Waals surface area contributed by atoms with E-state index in [0.717, 1.165) is 32.1 Å². The first kappa shape index (κ1) is 36.1. The van der Waals surface area contributed by atoms with Crippen molar-refractivity contribution in [3.8, 4) is 0 Å². The molecule has 0 bridgehead atoms. The van der Waals surface area contributed by atoms with E-state index in [1.807, 2.05) is 48.5 Å². The summed E-state index contributed by atoms with van der Waals surface area (Å²) in [6.45, 7) is 7.01. The van der Waals surface area contributed by atoms with Crippen LogP contribution >= 0.6 is 0 Å². The van der Waals surface area contributed by atoms with E-state index in [9.17, 15) is 24.3 Å². The molecule has 232 valence electrons. The van der Waals surface area contributed by atoms with Gasteiger partial charge in [0.2, 0.25) is 0 Å². The van der Waals surface area contributed by atoms with Crippen LogP contribution in [0.3, 0.4) is 0 Å². The molecule has 0 aliphatic carbocycles. The summed E-state index contributed by atoms with van der Waals surface area (Å²) in [6.07, 6.45) is 5.27. The fraction of sp³-hybridized carbons (Fsp3) is 0.515. The number of hydrogen-bond donors (Lipinski definition) is 2. The third kappa shape index (κ3) is 12.7. The summed E-state index contributed by atoms with van der Waals surface area (Å²) in [5, 5.41) is 11.8. The summed E-state index contributed by atoms with van der Waals surface area (Å²) in [5.41, 5.74) is -0.00567. The van der Waals surface area contributed by atoms with E-state index in [2.05, 4.69) is 22.2 Å². The lowest BCUT2D eigenvalue weighted by molar-refractivity contribution is -0.167. The Morgan fingerprint density at radius 2 is 1.17 bits per heavy atom. The lowest BCUT2D eigenvalue weighted by Gasteiger charge is -2.27. The van der Waals surface area contributed by atoms with Crippen molar-refractivity contribution >= 4 is 24.0 Å². The number of ether oxygens (including phenoxy) is 3. The van der Waals surface area contributed by atoms with Crippen LogP contribution in [0, 0.1) is 5.41 Å². The Hall–Kier alpha value is -3.88. The number of carbonyl (C=O) groups excluding carboxylic acids is 3. The zero-order chi connectivity index (χ0) is 31.4. The molecule has 1 amide bonds. The highest BCUT2D eigenvalue weighted by Gasteiger charge is 2.42. The quantitative estimate of drug-likeness (QED) is 0.104. The minimum atomic E-state index is -1.44. The van der Waals surface area contributed by atoms with Gasteiger partial charge in [0.25, 0.3) is 0 Å². The maximum absolute atomic E-state index is 12.1. The number of unbranched alkanes of at least 4 members (excludes halogenated alkanes) is 2. The van der Waals surface area contributed by atoms with Crippen LogP contribution in [0.2, 0.25) is 0 Å². The Morgan fingerprint density at radius 1 is 0.714 bits per heavy atom. The van der Waals surface area contributed by atoms with Gasteiger partial charge in [-0.2, -0.15) is 0 Å². The Balaban J connectivity index is 0.000000422. The SMILES string of the molecule is CCOC(=O)C(C)(CCCCc1ccccc1)C(=O)O.CCOC(=O)C(C)(CCCCc1ccccc1)NC(=O)OC. The number of esters is 2. The van der Waals surface area contributed by atoms with Crippen molar-refractivity contribution in [1.29, 1.82) is 0 Å². The molecule has 9 nitrogen and oxygen atoms in total. The van der Waals surface area contributed by atoms with E-state index in [4.69, 9.17) is 9.47 Å². The molecule has 0 spiro atoms. The van der Waals surface area contributed by atoms with Gasteiger partial charge < -0.3 is 24.6 Å². The minimum absolute atomic E-state index is 0.200. The molecule has 2 unspecified atom stereocenters. The van der Waals surface area contributed by atoms with Gasteiger partial charge in [-0.25, -0.2) is 9.59 Å². The lowest BCUT2D eigenvalue weighted by atomic mass is 9.84. The average Bonchev–Trinajstić information content (AvgIpc) is 2.99. The number of carbonyl (C=O) groups is 4. The summed E-state index contributed by atoms with van der Waals surface area (Å²) in [5.74, 6) is -2.19. The van der Waals surface area contributed by atoms with E-state index in [-0.39, 0.29) is 13.2 Å². The number of amides is 1. The Labute approximate surface area is 249 Å². The van der Waals surface area contributed by atoms with Crippen LogP contribution in [0.5, 0.6) is 0 Å². The predicted octanol–water partition coefficient (Wildman–Crippen LogP) is 6.13. The molecule has 0 aliphatic rings. The molecule has 2 aromatic carbocycles. The zero-order valence-corrected chi connectivity index (χ0v) is 25.6. The van der Waals surface area contributed by atoms with Crippen molar-refractivity contribution < 1.29 is 38.5 Å². The molecule has 0 aliphatic heterocycles. The number of hydrogen-bond acceptors (Lipinski definition) is 7. The van der Waals surface area contributed by atoms with E-state index >= 15 is 0 Å². The third-order valence-electron chi connectivity index (χ3n) is 6.96. The molecule has 0 fully saturated rings. The van der Waals surface area contributed by atoms with Gasteiger partial charge in [0.05, 0.1) is 20.3 Å². The molecule has 42 heavy (non-hydrogen) atoms. The normalized spacial score (nSPS) is 13.3. The summed E-state index contributed by atoms with van der Waals surface area (Å²) >= 11 is 0. The predicted molar refractivity (Wildman–Crippen MR) is 161 cm³/mol. The fourth-order valence-electron chi connectivity index (χ4n) is 4.27. The highest BCUT2D eigenvalue weighted by Crippen LogP contribution is 2.27. The number of carboxylic acids is 1. The minimum Gasteiger partial charge on any atom is -0.480 e. The highest BCUT2D eigenvalue weighted by molar-refractivity contribution is 5.98. The van der Waals surface area contributed by atoms with Crippen molar-refractivity contribution in [3.63, 3.8) is 0 Å². The number of benzene rings is 2. The molecule has 0 heterocycles. The van der Waals surface area contributed by atoms with Crippen molar-refractivity contribution in [2.75, 3.05) is 20.3 Å². The first-order valence-electron chi connectivity index (χ1n) is 14.5. The number of carboxylic acid groups (broad SMARTS) is 1. The van der Waals surface area contributed by atoms with Crippen LogP contribution in [-0.2, 0) is 41.4 Å². The Kier molecular flexibility index (Phi) is 16.6. The molecule has 0 radical (unpaired) electrons. The van der Waals surface area contributed by atoms with Gasteiger partial charge >= 0.3 is 24.0 Å². The third-order valence-corrected chi connectivity index (χ3v) is 6.96. The number of aliphatic carboxylic acids is 1. The maximum atomic E-state index is 12.1. The molecular weight excluding hydrogens is 538 g/mol. The molecular formula is C33H47NO8. The smallest absolute Gasteiger partial charge is 0.407 e. The fourth-order valence-corrected chi connectivity index (χ4v) is 4.27. The van der Waals surface area contributed by atoms with Crippen LogP contribution in [0.15, 0.2) is 60.7 Å². The first-order chi connectivity index (χ1) is 20.0. The van der Waals surface area contributed by atoms with Gasteiger partial charge in [-0.3, -0.25) is 9.59 Å². The first-order valence-corrected chi connectivity index (χ1v) is 14.5. The zero-order valence-electron chi connectivity index (χ0n) is 25.6. The van der Waals surface area contributed by atoms with E-state index < -0.39 is 35.0 Å². The number of alkyl carbamates (subject to hydrolysis) is 1. The summed E-state index contributed by atoms with van der Waals surface area (Å²) in [7, 11) is 1.27. The van der Waals surface area contributed by atoms with Crippen LogP contribution in [0.25, 0.3) is 0 Å². The monoisotopic (exact) mass is 585 g/mol. The van der Waals surface area contributed by atoms with Crippen molar-refractivity contribution in [1.82, 2.24) is 5.32 Å². The van der Waals surface area contributed by atoms with Crippen LogP contribution < -0.4 is 5.32 Å². The number of methoxy groups -OCH3 is 1. The second-order valence-electron chi connectivity index (χ2n) is 10.4. The number of nitrogens with one attached hydrogen (secondary N) is 1. The largest absolute Gasteiger partial charge is 0.480 e. The molecule has 0 saturated heterocycles. The molecule has 9 heteroatoms. The van der Waals surface area contributed by atoms with Crippen molar-refractivity contribution in [2.45, 2.75) is 84.6 Å². The van der Waals surface area contributed by atoms with Gasteiger partial charge in [-0.15, -0.1) is 0 Å². The topological polar surface area (TPSA) is 128 Å². The molecule has 0 aromatic heterocycles. The standard InChI is InChI=1S/C17H25NO4.C16H22O4/c1-4-22-15(19)17(2,18-16(20)21-3)13-9-8-12-14-10-6-5-7-11-14;1-3-20-15(19)16(2,14(17)18)12-8-7-11-13-9-5-4-6-10-13/h5-7,10-11H,4,8-9,12-13H2,1-3H3,(H,18,20);4-6,9-10H,3,7-8,11-12H2,1-2H3,(H,17,18). The molecule has 2 atom stereocenters. The van der Waals surface area contributed by atoms with E-state index in [1.54, 1.807) is 20.8 Å². The summed E-state index contributed by atoms with van der Waals surface area (Å²) in [4.78, 5) is 46.6. The summed E-state index contributed by atoms with van der Waals surface area (Å²) < 4.78 is 14.5. The van der Waals surface area contributed by atoms with Crippen LogP contribution in [0.4, 0.5) is 4.79 Å². The van der Waals surface area contributed by atoms with E-state index in [0.29, 0.717) is 19.3 Å².